The zero-order valence-corrected chi connectivity index (χ0v) is 13.8. The lowest BCUT2D eigenvalue weighted by Gasteiger charge is -2.10. The molecule has 1 heterocycles. The van der Waals surface area contributed by atoms with Crippen LogP contribution in [0.4, 0.5) is 18.9 Å². The Bertz CT molecular complexity index is 816. The maximum Gasteiger partial charge on any atom is 0.417 e. The van der Waals surface area contributed by atoms with Gasteiger partial charge in [-0.1, -0.05) is 17.7 Å². The van der Waals surface area contributed by atoms with Crippen LogP contribution in [0, 0.1) is 13.8 Å². The molecule has 0 saturated carbocycles. The predicted octanol–water partition coefficient (Wildman–Crippen LogP) is 3.74. The number of thioether (sulfide) groups is 1. The minimum atomic E-state index is -4.60. The summed E-state index contributed by atoms with van der Waals surface area (Å²) in [6.07, 6.45) is -4.03. The highest BCUT2D eigenvalue weighted by Gasteiger charge is 2.31. The molecular formula is C16H15F3N2O2S. The molecule has 0 aliphatic rings. The molecule has 128 valence electrons. The first-order chi connectivity index (χ1) is 11.2. The molecule has 0 bridgehead atoms. The van der Waals surface area contributed by atoms with E-state index in [0.29, 0.717) is 12.3 Å². The zero-order chi connectivity index (χ0) is 17.9. The van der Waals surface area contributed by atoms with Crippen LogP contribution in [0.1, 0.15) is 16.7 Å². The van der Waals surface area contributed by atoms with E-state index in [0.717, 1.165) is 16.0 Å². The van der Waals surface area contributed by atoms with E-state index in [9.17, 15) is 22.8 Å². The van der Waals surface area contributed by atoms with Gasteiger partial charge in [0, 0.05) is 11.1 Å². The number of alkyl halides is 3. The fourth-order valence-electron chi connectivity index (χ4n) is 1.93. The Kier molecular flexibility index (Phi) is 5.38. The number of anilines is 1. The number of pyridine rings is 1. The molecule has 0 radical (unpaired) electrons. The van der Waals surface area contributed by atoms with Gasteiger partial charge >= 0.3 is 6.18 Å². The van der Waals surface area contributed by atoms with Crippen LogP contribution in [0.3, 0.4) is 0 Å². The number of rotatable bonds is 4. The summed E-state index contributed by atoms with van der Waals surface area (Å²) in [5.41, 5.74) is -0.197. The van der Waals surface area contributed by atoms with Gasteiger partial charge in [0.2, 0.25) is 5.91 Å². The first kappa shape index (κ1) is 18.1. The Balaban J connectivity index is 2.07. The molecule has 0 fully saturated rings. The molecule has 24 heavy (non-hydrogen) atoms. The average molecular weight is 356 g/mol. The van der Waals surface area contributed by atoms with Gasteiger partial charge < -0.3 is 10.3 Å². The van der Waals surface area contributed by atoms with Crippen molar-refractivity contribution in [3.05, 3.63) is 57.5 Å². The van der Waals surface area contributed by atoms with Crippen molar-refractivity contribution in [1.82, 2.24) is 4.98 Å². The molecular weight excluding hydrogens is 341 g/mol. The van der Waals surface area contributed by atoms with E-state index in [1.54, 1.807) is 0 Å². The number of hydrogen-bond acceptors (Lipinski definition) is 3. The third-order valence-electron chi connectivity index (χ3n) is 3.21. The molecule has 8 heteroatoms. The highest BCUT2D eigenvalue weighted by molar-refractivity contribution is 8.00. The lowest BCUT2D eigenvalue weighted by atomic mass is 10.2. The first-order valence-electron chi connectivity index (χ1n) is 6.96. The minimum absolute atomic E-state index is 0.0139. The van der Waals surface area contributed by atoms with Gasteiger partial charge in [-0.15, -0.1) is 11.8 Å². The molecule has 0 unspecified atom stereocenters. The van der Waals surface area contributed by atoms with E-state index in [1.165, 1.54) is 11.8 Å². The highest BCUT2D eigenvalue weighted by atomic mass is 32.2. The molecule has 2 rings (SSSR count). The van der Waals surface area contributed by atoms with E-state index < -0.39 is 28.9 Å². The van der Waals surface area contributed by atoms with Crippen LogP contribution in [-0.4, -0.2) is 16.6 Å². The number of carbonyl (C=O) groups excluding carboxylic acids is 1. The van der Waals surface area contributed by atoms with E-state index in [2.05, 4.69) is 5.32 Å². The Labute approximate surface area is 140 Å². The van der Waals surface area contributed by atoms with Crippen molar-refractivity contribution < 1.29 is 18.0 Å². The predicted molar refractivity (Wildman–Crippen MR) is 87.3 cm³/mol. The van der Waals surface area contributed by atoms with Crippen molar-refractivity contribution in [2.24, 2.45) is 0 Å². The quantitative estimate of drug-likeness (QED) is 0.821. The fraction of sp³-hybridized carbons (Fsp3) is 0.250. The summed E-state index contributed by atoms with van der Waals surface area (Å²) in [7, 11) is 0. The number of amides is 1. The topological polar surface area (TPSA) is 62.0 Å². The number of carbonyl (C=O) groups is 1. The Morgan fingerprint density at radius 3 is 2.62 bits per heavy atom. The van der Waals surface area contributed by atoms with Crippen LogP contribution in [0.15, 0.2) is 40.2 Å². The average Bonchev–Trinajstić information content (AvgIpc) is 2.49. The summed E-state index contributed by atoms with van der Waals surface area (Å²) in [5, 5.41) is 2.22. The van der Waals surface area contributed by atoms with Crippen LogP contribution in [0.2, 0.25) is 0 Å². The van der Waals surface area contributed by atoms with Gasteiger partial charge in [-0.25, -0.2) is 0 Å². The third kappa shape index (κ3) is 4.64. The molecule has 0 spiro atoms. The first-order valence-corrected chi connectivity index (χ1v) is 7.95. The summed E-state index contributed by atoms with van der Waals surface area (Å²) < 4.78 is 37.9. The maximum absolute atomic E-state index is 12.6. The molecule has 0 aliphatic carbocycles. The summed E-state index contributed by atoms with van der Waals surface area (Å²) in [6.45, 7) is 3.82. The van der Waals surface area contributed by atoms with E-state index in [-0.39, 0.29) is 5.75 Å². The summed E-state index contributed by atoms with van der Waals surface area (Å²) in [5.74, 6) is -0.564. The van der Waals surface area contributed by atoms with Crippen LogP contribution < -0.4 is 10.9 Å². The maximum atomic E-state index is 12.6. The number of aromatic nitrogens is 1. The minimum Gasteiger partial charge on any atom is -0.327 e. The van der Waals surface area contributed by atoms with Gasteiger partial charge in [-0.05, 0) is 31.5 Å². The monoisotopic (exact) mass is 356 g/mol. The number of benzene rings is 1. The number of aryl methyl sites for hydroxylation is 2. The number of nitrogens with one attached hydrogen (secondary N) is 2. The van der Waals surface area contributed by atoms with Crippen molar-refractivity contribution >= 4 is 23.4 Å². The largest absolute Gasteiger partial charge is 0.417 e. The molecule has 1 aromatic carbocycles. The van der Waals surface area contributed by atoms with Gasteiger partial charge in [0.15, 0.2) is 0 Å². The van der Waals surface area contributed by atoms with E-state index >= 15 is 0 Å². The molecule has 0 aliphatic heterocycles. The standard InChI is InChI=1S/C16H15F3N2O2S/c1-9-3-4-10(2)13(5-9)24-8-14(22)21-12-6-11(16(17,18)19)7-20-15(12)23/h3-7H,8H2,1-2H3,(H,20,23)(H,21,22). The van der Waals surface area contributed by atoms with Gasteiger partial charge in [0.25, 0.3) is 5.56 Å². The lowest BCUT2D eigenvalue weighted by Crippen LogP contribution is -2.22. The summed E-state index contributed by atoms with van der Waals surface area (Å²) >= 11 is 1.26. The van der Waals surface area contributed by atoms with Crippen LogP contribution in [0.25, 0.3) is 0 Å². The Hall–Kier alpha value is -2.22. The van der Waals surface area contributed by atoms with Gasteiger partial charge in [-0.2, -0.15) is 13.2 Å². The second kappa shape index (κ2) is 7.12. The lowest BCUT2D eigenvalue weighted by molar-refractivity contribution is -0.137. The van der Waals surface area contributed by atoms with Crippen LogP contribution in [-0.2, 0) is 11.0 Å². The van der Waals surface area contributed by atoms with E-state index in [4.69, 9.17) is 0 Å². The molecule has 0 atom stereocenters. The number of H-pyrrole nitrogens is 1. The second-order valence-corrected chi connectivity index (χ2v) is 6.25. The van der Waals surface area contributed by atoms with Crippen molar-refractivity contribution in [1.29, 1.82) is 0 Å². The summed E-state index contributed by atoms with van der Waals surface area (Å²) in [6, 6.07) is 6.42. The van der Waals surface area contributed by atoms with Gasteiger partial charge in [-0.3, -0.25) is 9.59 Å². The molecule has 2 N–H and O–H groups in total. The smallest absolute Gasteiger partial charge is 0.327 e. The van der Waals surface area contributed by atoms with E-state index in [1.807, 2.05) is 37.0 Å². The van der Waals surface area contributed by atoms with Gasteiger partial charge in [0.05, 0.1) is 11.3 Å². The third-order valence-corrected chi connectivity index (χ3v) is 4.36. The molecule has 1 aromatic heterocycles. The molecule has 4 nitrogen and oxygen atoms in total. The fourth-order valence-corrected chi connectivity index (χ4v) is 2.86. The zero-order valence-electron chi connectivity index (χ0n) is 13.0. The van der Waals surface area contributed by atoms with Crippen molar-refractivity contribution in [3.8, 4) is 0 Å². The van der Waals surface area contributed by atoms with Crippen LogP contribution >= 0.6 is 11.8 Å². The summed E-state index contributed by atoms with van der Waals surface area (Å²) in [4.78, 5) is 26.4. The Morgan fingerprint density at radius 2 is 1.96 bits per heavy atom. The van der Waals surface area contributed by atoms with Gasteiger partial charge in [0.1, 0.15) is 5.69 Å². The van der Waals surface area contributed by atoms with Crippen molar-refractivity contribution in [3.63, 3.8) is 0 Å². The van der Waals surface area contributed by atoms with Crippen molar-refractivity contribution in [2.75, 3.05) is 11.1 Å². The highest BCUT2D eigenvalue weighted by Crippen LogP contribution is 2.29. The molecule has 0 saturated heterocycles. The van der Waals surface area contributed by atoms with Crippen LogP contribution in [0.5, 0.6) is 0 Å². The molecule has 2 aromatic rings. The molecule has 1 amide bonds. The number of halogens is 3. The second-order valence-electron chi connectivity index (χ2n) is 5.23. The normalized spacial score (nSPS) is 11.4. The number of hydrogen-bond donors (Lipinski definition) is 2. The van der Waals surface area contributed by atoms with Crippen molar-refractivity contribution in [2.45, 2.75) is 24.9 Å². The Morgan fingerprint density at radius 1 is 1.25 bits per heavy atom. The number of aromatic amines is 1. The SMILES string of the molecule is Cc1ccc(C)c(SCC(=O)Nc2cc(C(F)(F)F)c[nH]c2=O)c1.